The molecular formula is C13H12ClN5. The van der Waals surface area contributed by atoms with Gasteiger partial charge in [0.1, 0.15) is 0 Å². The molecule has 0 saturated carbocycles. The van der Waals surface area contributed by atoms with Crippen LogP contribution in [0.1, 0.15) is 17.3 Å². The molecule has 1 aromatic carbocycles. The summed E-state index contributed by atoms with van der Waals surface area (Å²) >= 11 is 6.14. The van der Waals surface area contributed by atoms with E-state index in [1.54, 1.807) is 23.3 Å². The molecule has 6 heteroatoms. The molecule has 0 bridgehead atoms. The van der Waals surface area contributed by atoms with Crippen LogP contribution in [0, 0.1) is 0 Å². The fourth-order valence-electron chi connectivity index (χ4n) is 2.18. The van der Waals surface area contributed by atoms with Gasteiger partial charge in [-0.25, -0.2) is 0 Å². The number of hydrogen-bond acceptors (Lipinski definition) is 4. The number of aromatic nitrogens is 4. The van der Waals surface area contributed by atoms with Crippen molar-refractivity contribution in [2.24, 2.45) is 12.8 Å². The van der Waals surface area contributed by atoms with Crippen LogP contribution in [0.2, 0.25) is 5.02 Å². The highest BCUT2D eigenvalue weighted by molar-refractivity contribution is 6.31. The third kappa shape index (κ3) is 1.97. The Hall–Kier alpha value is -1.98. The molecule has 3 aromatic rings. The zero-order chi connectivity index (χ0) is 13.4. The summed E-state index contributed by atoms with van der Waals surface area (Å²) in [6, 6.07) is 5.37. The number of benzene rings is 1. The van der Waals surface area contributed by atoms with E-state index >= 15 is 0 Å². The summed E-state index contributed by atoms with van der Waals surface area (Å²) in [6.45, 7) is 0. The number of fused-ring (bicyclic) bond motifs is 1. The zero-order valence-corrected chi connectivity index (χ0v) is 11.0. The van der Waals surface area contributed by atoms with Crippen LogP contribution in [0.5, 0.6) is 0 Å². The van der Waals surface area contributed by atoms with Crippen LogP contribution in [-0.4, -0.2) is 19.7 Å². The second-order valence-electron chi connectivity index (χ2n) is 4.25. The predicted octanol–water partition coefficient (Wildman–Crippen LogP) is 2.06. The molecule has 2 heterocycles. The molecule has 0 fully saturated rings. The van der Waals surface area contributed by atoms with E-state index < -0.39 is 0 Å². The number of nitrogens with zero attached hydrogens (tertiary/aromatic N) is 4. The average molecular weight is 274 g/mol. The maximum atomic E-state index is 6.32. The van der Waals surface area contributed by atoms with Gasteiger partial charge in [0, 0.05) is 25.0 Å². The maximum Gasteiger partial charge on any atom is 0.0938 e. The third-order valence-electron chi connectivity index (χ3n) is 3.10. The van der Waals surface area contributed by atoms with Gasteiger partial charge in [0.05, 0.1) is 34.0 Å². The van der Waals surface area contributed by atoms with Crippen molar-refractivity contribution < 1.29 is 0 Å². The Morgan fingerprint density at radius 2 is 2.05 bits per heavy atom. The fraction of sp³-hybridized carbons (Fsp3) is 0.154. The van der Waals surface area contributed by atoms with E-state index in [0.29, 0.717) is 5.02 Å². The van der Waals surface area contributed by atoms with Crippen molar-refractivity contribution in [1.82, 2.24) is 19.7 Å². The molecule has 0 aliphatic carbocycles. The summed E-state index contributed by atoms with van der Waals surface area (Å²) in [5.74, 6) is 0. The van der Waals surface area contributed by atoms with Crippen molar-refractivity contribution >= 4 is 22.6 Å². The van der Waals surface area contributed by atoms with E-state index in [-0.39, 0.29) is 6.04 Å². The van der Waals surface area contributed by atoms with E-state index in [9.17, 15) is 0 Å². The predicted molar refractivity (Wildman–Crippen MR) is 73.8 cm³/mol. The minimum absolute atomic E-state index is 0.389. The lowest BCUT2D eigenvalue weighted by Gasteiger charge is -2.14. The molecule has 2 N–H and O–H groups in total. The molecule has 5 nitrogen and oxygen atoms in total. The highest BCUT2D eigenvalue weighted by Crippen LogP contribution is 2.28. The molecule has 3 rings (SSSR count). The van der Waals surface area contributed by atoms with Crippen LogP contribution in [0.4, 0.5) is 0 Å². The van der Waals surface area contributed by atoms with Crippen LogP contribution in [0.3, 0.4) is 0 Å². The molecule has 0 saturated heterocycles. The second-order valence-corrected chi connectivity index (χ2v) is 4.66. The van der Waals surface area contributed by atoms with E-state index in [1.165, 1.54) is 0 Å². The topological polar surface area (TPSA) is 69.6 Å². The smallest absolute Gasteiger partial charge is 0.0938 e. The van der Waals surface area contributed by atoms with Crippen molar-refractivity contribution in [3.8, 4) is 0 Å². The molecule has 0 amide bonds. The molecular weight excluding hydrogens is 262 g/mol. The summed E-state index contributed by atoms with van der Waals surface area (Å²) in [5, 5.41) is 4.66. The van der Waals surface area contributed by atoms with Crippen LogP contribution >= 0.6 is 11.6 Å². The highest BCUT2D eigenvalue weighted by atomic mass is 35.5. The first-order valence-electron chi connectivity index (χ1n) is 5.81. The second kappa shape index (κ2) is 4.60. The van der Waals surface area contributed by atoms with Gasteiger partial charge in [0.25, 0.3) is 0 Å². The van der Waals surface area contributed by atoms with Gasteiger partial charge >= 0.3 is 0 Å². The van der Waals surface area contributed by atoms with Crippen LogP contribution in [0.25, 0.3) is 11.0 Å². The highest BCUT2D eigenvalue weighted by Gasteiger charge is 2.19. The third-order valence-corrected chi connectivity index (χ3v) is 3.39. The number of nitrogens with two attached hydrogens (primary N) is 1. The first-order valence-corrected chi connectivity index (χ1v) is 6.19. The van der Waals surface area contributed by atoms with Crippen LogP contribution in [-0.2, 0) is 7.05 Å². The van der Waals surface area contributed by atoms with E-state index in [0.717, 1.165) is 22.3 Å². The van der Waals surface area contributed by atoms with Crippen molar-refractivity contribution in [3.63, 3.8) is 0 Å². The number of aryl methyl sites for hydroxylation is 1. The largest absolute Gasteiger partial charge is 0.319 e. The van der Waals surface area contributed by atoms with Gasteiger partial charge in [-0.1, -0.05) is 23.7 Å². The summed E-state index contributed by atoms with van der Waals surface area (Å²) < 4.78 is 1.68. The van der Waals surface area contributed by atoms with Crippen LogP contribution in [0.15, 0.2) is 36.8 Å². The molecule has 96 valence electrons. The summed E-state index contributed by atoms with van der Waals surface area (Å²) in [5.41, 5.74) is 9.56. The molecule has 0 aliphatic rings. The number of rotatable bonds is 2. The van der Waals surface area contributed by atoms with Gasteiger partial charge in [-0.3, -0.25) is 14.6 Å². The summed E-state index contributed by atoms with van der Waals surface area (Å²) in [6.07, 6.45) is 4.91. The van der Waals surface area contributed by atoms with E-state index in [1.807, 2.05) is 25.2 Å². The number of para-hydroxylation sites is 1. The molecule has 2 aromatic heterocycles. The van der Waals surface area contributed by atoms with Gasteiger partial charge in [-0.05, 0) is 6.07 Å². The van der Waals surface area contributed by atoms with Gasteiger partial charge in [0.15, 0.2) is 0 Å². The molecule has 0 aliphatic heterocycles. The minimum atomic E-state index is -0.389. The number of hydrogen-bond donors (Lipinski definition) is 1. The number of halogens is 1. The van der Waals surface area contributed by atoms with Crippen molar-refractivity contribution in [3.05, 3.63) is 53.1 Å². The van der Waals surface area contributed by atoms with E-state index in [4.69, 9.17) is 17.3 Å². The standard InChI is InChI=1S/C13H12ClN5/c1-19-13(9(14)7-18-19)11(15)8-3-2-4-10-12(8)17-6-5-16-10/h2-7,11H,15H2,1H3. The Bertz CT molecular complexity index is 712. The lowest BCUT2D eigenvalue weighted by molar-refractivity contribution is 0.675. The van der Waals surface area contributed by atoms with Gasteiger partial charge in [-0.2, -0.15) is 5.10 Å². The molecule has 0 radical (unpaired) electrons. The Morgan fingerprint density at radius 1 is 1.26 bits per heavy atom. The van der Waals surface area contributed by atoms with Crippen molar-refractivity contribution in [2.45, 2.75) is 6.04 Å². The zero-order valence-electron chi connectivity index (χ0n) is 10.3. The SMILES string of the molecule is Cn1ncc(Cl)c1C(N)c1cccc2nccnc12. The van der Waals surface area contributed by atoms with Crippen molar-refractivity contribution in [2.75, 3.05) is 0 Å². The molecule has 19 heavy (non-hydrogen) atoms. The van der Waals surface area contributed by atoms with Gasteiger partial charge in [0.2, 0.25) is 0 Å². The monoisotopic (exact) mass is 273 g/mol. The van der Waals surface area contributed by atoms with Gasteiger partial charge in [-0.15, -0.1) is 0 Å². The minimum Gasteiger partial charge on any atom is -0.319 e. The van der Waals surface area contributed by atoms with Crippen molar-refractivity contribution in [1.29, 1.82) is 0 Å². The maximum absolute atomic E-state index is 6.32. The average Bonchev–Trinajstić information content (AvgIpc) is 2.77. The molecule has 1 unspecified atom stereocenters. The van der Waals surface area contributed by atoms with E-state index in [2.05, 4.69) is 15.1 Å². The lowest BCUT2D eigenvalue weighted by atomic mass is 10.0. The summed E-state index contributed by atoms with van der Waals surface area (Å²) in [4.78, 5) is 8.63. The normalized spacial score (nSPS) is 12.8. The van der Waals surface area contributed by atoms with Gasteiger partial charge < -0.3 is 5.73 Å². The summed E-state index contributed by atoms with van der Waals surface area (Å²) in [7, 11) is 1.82. The fourth-order valence-corrected chi connectivity index (χ4v) is 2.47. The molecule has 0 spiro atoms. The first-order chi connectivity index (χ1) is 9.18. The Kier molecular flexibility index (Phi) is 2.93. The Morgan fingerprint density at radius 3 is 2.79 bits per heavy atom. The lowest BCUT2D eigenvalue weighted by Crippen LogP contribution is -2.17. The Balaban J connectivity index is 2.20. The first kappa shape index (κ1) is 12.1. The van der Waals surface area contributed by atoms with Crippen LogP contribution < -0.4 is 5.73 Å². The Labute approximate surface area is 115 Å². The quantitative estimate of drug-likeness (QED) is 0.776. The molecule has 1 atom stereocenters.